The van der Waals surface area contributed by atoms with Crippen LogP contribution in [0.25, 0.3) is 10.8 Å². The third kappa shape index (κ3) is 13.2. The van der Waals surface area contributed by atoms with E-state index >= 15 is 0 Å². The highest BCUT2D eigenvalue weighted by Gasteiger charge is 2.30. The van der Waals surface area contributed by atoms with Gasteiger partial charge in [-0.2, -0.15) is 0 Å². The van der Waals surface area contributed by atoms with Gasteiger partial charge in [0.25, 0.3) is 5.91 Å². The number of amides is 4. The maximum absolute atomic E-state index is 13.4. The van der Waals surface area contributed by atoms with Crippen LogP contribution in [0, 0.1) is 12.8 Å². The van der Waals surface area contributed by atoms with E-state index in [9.17, 15) is 24.3 Å². The molecule has 2 aliphatic heterocycles. The van der Waals surface area contributed by atoms with E-state index < -0.39 is 30.0 Å². The molecule has 4 heterocycles. The predicted molar refractivity (Wildman–Crippen MR) is 202 cm³/mol. The smallest absolute Gasteiger partial charge is 0.257 e. The van der Waals surface area contributed by atoms with Crippen molar-refractivity contribution in [1.82, 2.24) is 31.2 Å². The third-order valence-electron chi connectivity index (χ3n) is 8.82. The molecule has 2 aliphatic rings. The number of rotatable bonds is 7. The second-order valence-electron chi connectivity index (χ2n) is 13.7. The monoisotopic (exact) mass is 754 g/mol. The molecule has 15 heteroatoms. The van der Waals surface area contributed by atoms with Gasteiger partial charge in [0.1, 0.15) is 17.8 Å². The molecule has 290 valence electrons. The summed E-state index contributed by atoms with van der Waals surface area (Å²) in [6, 6.07) is 7.09. The number of aliphatic hydroxyl groups is 1. The number of hydrogen-bond acceptors (Lipinski definition) is 11. The molecule has 0 fully saturated rings. The van der Waals surface area contributed by atoms with E-state index in [4.69, 9.17) is 18.9 Å². The van der Waals surface area contributed by atoms with E-state index in [1.165, 1.54) is 14.0 Å². The largest absolute Gasteiger partial charge is 0.493 e. The Kier molecular flexibility index (Phi) is 16.1. The number of oxazole rings is 1. The molecule has 14 nitrogen and oxygen atoms in total. The van der Waals surface area contributed by atoms with Crippen LogP contribution in [0.4, 0.5) is 0 Å². The minimum Gasteiger partial charge on any atom is -0.493 e. The molecule has 4 amide bonds. The molecule has 0 radical (unpaired) electrons. The summed E-state index contributed by atoms with van der Waals surface area (Å²) < 4.78 is 17.3. The molecule has 0 saturated carbocycles. The molecule has 3 atom stereocenters. The highest BCUT2D eigenvalue weighted by molar-refractivity contribution is 7.13. The number of nitrogens with zero attached hydrogens (tertiary/aromatic N) is 2. The van der Waals surface area contributed by atoms with Crippen LogP contribution in [-0.2, 0) is 32.1 Å². The Labute approximate surface area is 315 Å². The summed E-state index contributed by atoms with van der Waals surface area (Å²) in [5.74, 6) is 0.587. The molecule has 5 N–H and O–H groups in total. The molecule has 0 unspecified atom stereocenters. The zero-order valence-corrected chi connectivity index (χ0v) is 32.2. The highest BCUT2D eigenvalue weighted by atomic mass is 32.1. The van der Waals surface area contributed by atoms with Crippen LogP contribution in [0.5, 0.6) is 11.5 Å². The Hall–Kier alpha value is -4.47. The summed E-state index contributed by atoms with van der Waals surface area (Å²) >= 11 is 1.56. The van der Waals surface area contributed by atoms with Crippen molar-refractivity contribution in [3.05, 3.63) is 52.7 Å². The lowest BCUT2D eigenvalue weighted by molar-refractivity contribution is -0.134. The van der Waals surface area contributed by atoms with E-state index in [0.29, 0.717) is 75.8 Å². The summed E-state index contributed by atoms with van der Waals surface area (Å²) in [5.41, 5.74) is 1.64. The van der Waals surface area contributed by atoms with Gasteiger partial charge in [-0.1, -0.05) is 26.0 Å². The quantitative estimate of drug-likeness (QED) is 0.224. The summed E-state index contributed by atoms with van der Waals surface area (Å²) in [6.45, 7) is 9.72. The van der Waals surface area contributed by atoms with Gasteiger partial charge in [0.2, 0.25) is 23.6 Å². The van der Waals surface area contributed by atoms with Crippen LogP contribution < -0.4 is 30.7 Å². The van der Waals surface area contributed by atoms with Crippen molar-refractivity contribution in [1.29, 1.82) is 0 Å². The molecular weight excluding hydrogens is 701 g/mol. The number of nitrogens with one attached hydrogen (secondary N) is 4. The van der Waals surface area contributed by atoms with Crippen molar-refractivity contribution in [2.45, 2.75) is 91.0 Å². The molecule has 53 heavy (non-hydrogen) atoms. The molecule has 2 bridgehead atoms. The Morgan fingerprint density at radius 3 is 2.47 bits per heavy atom. The first-order valence-corrected chi connectivity index (χ1v) is 19.2. The zero-order valence-electron chi connectivity index (χ0n) is 31.4. The van der Waals surface area contributed by atoms with Gasteiger partial charge in [0, 0.05) is 32.6 Å². The molecule has 2 aromatic heterocycles. The number of aromatic nitrogens is 1. The summed E-state index contributed by atoms with van der Waals surface area (Å²) in [6.07, 6.45) is 1.70. The Morgan fingerprint density at radius 2 is 1.75 bits per heavy atom. The minimum atomic E-state index is -1.19. The van der Waals surface area contributed by atoms with Crippen LogP contribution in [-0.4, -0.2) is 96.7 Å². The van der Waals surface area contributed by atoms with Crippen molar-refractivity contribution < 1.29 is 38.2 Å². The van der Waals surface area contributed by atoms with Crippen molar-refractivity contribution >= 4 is 35.0 Å². The number of aryl methyl sites for hydroxylation is 2. The maximum atomic E-state index is 13.4. The number of ether oxygens (including phenoxy) is 2. The van der Waals surface area contributed by atoms with Gasteiger partial charge in [-0.05, 0) is 87.6 Å². The first kappa shape index (κ1) is 41.3. The van der Waals surface area contributed by atoms with Gasteiger partial charge in [0.05, 0.1) is 23.8 Å². The van der Waals surface area contributed by atoms with Crippen LogP contribution in [0.2, 0.25) is 0 Å². The van der Waals surface area contributed by atoms with Gasteiger partial charge >= 0.3 is 0 Å². The fourth-order valence-corrected chi connectivity index (χ4v) is 6.59. The molecule has 3 aromatic rings. The van der Waals surface area contributed by atoms with Gasteiger partial charge in [-0.3, -0.25) is 24.1 Å². The first-order valence-electron chi connectivity index (χ1n) is 18.3. The number of methoxy groups -OCH3 is 1. The summed E-state index contributed by atoms with van der Waals surface area (Å²) in [5, 5.41) is 23.7. The number of thiophene rings is 1. The lowest BCUT2D eigenvalue weighted by Crippen LogP contribution is -2.57. The number of fused-ring (bicyclic) bond motifs is 23. The van der Waals surface area contributed by atoms with Crippen LogP contribution in [0.3, 0.4) is 0 Å². The van der Waals surface area contributed by atoms with E-state index in [0.717, 1.165) is 28.3 Å². The van der Waals surface area contributed by atoms with Gasteiger partial charge in [-0.15, -0.1) is 11.3 Å². The van der Waals surface area contributed by atoms with Gasteiger partial charge < -0.3 is 40.3 Å². The van der Waals surface area contributed by atoms with Gasteiger partial charge in [-0.25, -0.2) is 4.98 Å². The Balaban J connectivity index is 1.48. The lowest BCUT2D eigenvalue weighted by Gasteiger charge is -2.26. The number of aliphatic hydroxyl groups excluding tert-OH is 1. The number of benzene rings is 1. The second kappa shape index (κ2) is 20.7. The van der Waals surface area contributed by atoms with E-state index in [1.807, 2.05) is 38.3 Å². The third-order valence-corrected chi connectivity index (χ3v) is 9.68. The number of carbonyl (C=O) groups is 4. The highest BCUT2D eigenvalue weighted by Crippen LogP contribution is 2.29. The fraction of sp³-hybridized carbons (Fsp3) is 0.553. The molecule has 5 rings (SSSR count). The Morgan fingerprint density at radius 1 is 0.981 bits per heavy atom. The van der Waals surface area contributed by atoms with E-state index in [2.05, 4.69) is 26.2 Å². The normalized spacial score (nSPS) is 20.2. The summed E-state index contributed by atoms with van der Waals surface area (Å²) in [7, 11) is 1.50. The topological polar surface area (TPSA) is 184 Å². The SMILES string of the molecule is COc1cc2ccc1OCC(=O)NCCCN(Cc1nc(-c3cccs3)oc1C)CCCCNC(=O)[C@H]([C@@H](C)O)NC(=O)[C@@H](CC(C)C)NC(=O)CC2. The summed E-state index contributed by atoms with van der Waals surface area (Å²) in [4.78, 5) is 60.3. The molecule has 0 spiro atoms. The van der Waals surface area contributed by atoms with Crippen molar-refractivity contribution in [3.8, 4) is 22.3 Å². The number of carbonyl (C=O) groups excluding carboxylic acids is 4. The van der Waals surface area contributed by atoms with Crippen molar-refractivity contribution in [3.63, 3.8) is 0 Å². The first-order chi connectivity index (χ1) is 25.4. The standard InChI is InChI=1S/C38H54N6O8S/c1-24(2)20-28-36(48)43-35(25(3)45)37(49)40-15-6-7-17-44(22-29-26(4)52-38(42-29)32-10-8-19-53-32)18-9-16-39-34(47)23-51-30-13-11-27(21-31(30)50-5)12-14-33(46)41-28/h8,10-11,13,19,21,24-25,28,35,45H,6-7,9,12,14-18,20,22-23H2,1-5H3,(H,39,47)(H,40,49)(H,41,46)(H,43,48)/t25-,28-,35+/m1/s1. The van der Waals surface area contributed by atoms with Gasteiger partial charge in [0.15, 0.2) is 18.1 Å². The van der Waals surface area contributed by atoms with Crippen molar-refractivity contribution in [2.75, 3.05) is 39.9 Å². The van der Waals surface area contributed by atoms with Crippen LogP contribution in [0.15, 0.2) is 40.1 Å². The Bertz CT molecular complexity index is 1640. The van der Waals surface area contributed by atoms with E-state index in [-0.39, 0.29) is 30.8 Å². The molecule has 0 saturated heterocycles. The molecular formula is C38H54N6O8S. The van der Waals surface area contributed by atoms with Crippen molar-refractivity contribution in [2.24, 2.45) is 5.92 Å². The average molecular weight is 755 g/mol. The predicted octanol–water partition coefficient (Wildman–Crippen LogP) is 3.35. The van der Waals surface area contributed by atoms with Crippen LogP contribution in [0.1, 0.15) is 69.9 Å². The minimum absolute atomic E-state index is 0.0694. The lowest BCUT2D eigenvalue weighted by atomic mass is 10.0. The van der Waals surface area contributed by atoms with E-state index in [1.54, 1.807) is 29.5 Å². The fourth-order valence-electron chi connectivity index (χ4n) is 5.94. The zero-order chi connectivity index (χ0) is 38.3. The average Bonchev–Trinajstić information content (AvgIpc) is 3.79. The molecule has 1 aromatic carbocycles. The second-order valence-corrected chi connectivity index (χ2v) is 14.7. The number of hydrogen-bond donors (Lipinski definition) is 5. The molecule has 0 aliphatic carbocycles. The maximum Gasteiger partial charge on any atom is 0.257 e. The van der Waals surface area contributed by atoms with Crippen LogP contribution >= 0.6 is 11.3 Å².